The molecule has 150 valence electrons. The van der Waals surface area contributed by atoms with Crippen molar-refractivity contribution in [3.8, 4) is 5.75 Å². The molecular weight excluding hydrogens is 376 g/mol. The molecule has 0 spiro atoms. The molecule has 1 N–H and O–H groups in total. The van der Waals surface area contributed by atoms with Crippen molar-refractivity contribution < 1.29 is 28.7 Å². The Bertz CT molecular complexity index is 1000. The molecule has 0 saturated carbocycles. The summed E-state index contributed by atoms with van der Waals surface area (Å²) in [6.07, 6.45) is 0. The average molecular weight is 396 g/mol. The maximum Gasteiger partial charge on any atom is 0.337 e. The van der Waals surface area contributed by atoms with Crippen LogP contribution in [0.2, 0.25) is 0 Å². The highest BCUT2D eigenvalue weighted by molar-refractivity contribution is 6.08. The SMILES string of the molecule is COC(=O)c1cccc(NC(=O)C(C)N2C(=O)COc3ccc(C(C)=O)cc32)c1. The second-order valence-corrected chi connectivity index (χ2v) is 6.53. The Morgan fingerprint density at radius 1 is 1.14 bits per heavy atom. The van der Waals surface area contributed by atoms with Gasteiger partial charge in [-0.2, -0.15) is 0 Å². The number of fused-ring (bicyclic) bond motifs is 1. The number of anilines is 2. The summed E-state index contributed by atoms with van der Waals surface area (Å²) in [5.74, 6) is -1.13. The smallest absolute Gasteiger partial charge is 0.337 e. The van der Waals surface area contributed by atoms with Gasteiger partial charge in [0.2, 0.25) is 5.91 Å². The molecule has 2 aromatic carbocycles. The topological polar surface area (TPSA) is 102 Å². The lowest BCUT2D eigenvalue weighted by atomic mass is 10.1. The third-order valence-electron chi connectivity index (χ3n) is 4.56. The second-order valence-electron chi connectivity index (χ2n) is 6.53. The molecule has 0 radical (unpaired) electrons. The van der Waals surface area contributed by atoms with Crippen LogP contribution in [-0.4, -0.2) is 43.3 Å². The Balaban J connectivity index is 1.86. The summed E-state index contributed by atoms with van der Waals surface area (Å²) < 4.78 is 10.1. The number of benzene rings is 2. The summed E-state index contributed by atoms with van der Waals surface area (Å²) in [7, 11) is 1.27. The molecule has 1 heterocycles. The van der Waals surface area contributed by atoms with Gasteiger partial charge in [-0.25, -0.2) is 4.79 Å². The maximum absolute atomic E-state index is 12.8. The van der Waals surface area contributed by atoms with Gasteiger partial charge in [-0.05, 0) is 50.2 Å². The summed E-state index contributed by atoms with van der Waals surface area (Å²) in [5, 5.41) is 2.70. The number of hydrogen-bond donors (Lipinski definition) is 1. The fourth-order valence-corrected chi connectivity index (χ4v) is 3.02. The number of rotatable bonds is 5. The van der Waals surface area contributed by atoms with Gasteiger partial charge < -0.3 is 14.8 Å². The van der Waals surface area contributed by atoms with Gasteiger partial charge >= 0.3 is 5.97 Å². The average Bonchev–Trinajstić information content (AvgIpc) is 2.72. The fraction of sp³-hybridized carbons (Fsp3) is 0.238. The van der Waals surface area contributed by atoms with Crippen molar-refractivity contribution in [3.63, 3.8) is 0 Å². The lowest BCUT2D eigenvalue weighted by Crippen LogP contribution is -2.49. The largest absolute Gasteiger partial charge is 0.482 e. The molecule has 0 aromatic heterocycles. The summed E-state index contributed by atoms with van der Waals surface area (Å²) >= 11 is 0. The van der Waals surface area contributed by atoms with Gasteiger partial charge in [0.1, 0.15) is 11.8 Å². The molecule has 0 saturated heterocycles. The summed E-state index contributed by atoms with van der Waals surface area (Å²) in [6, 6.07) is 10.2. The number of nitrogens with one attached hydrogen (secondary N) is 1. The van der Waals surface area contributed by atoms with E-state index in [1.165, 1.54) is 31.1 Å². The van der Waals surface area contributed by atoms with Crippen LogP contribution in [0.3, 0.4) is 0 Å². The zero-order valence-corrected chi connectivity index (χ0v) is 16.2. The van der Waals surface area contributed by atoms with Crippen molar-refractivity contribution in [2.24, 2.45) is 0 Å². The number of methoxy groups -OCH3 is 1. The van der Waals surface area contributed by atoms with Crippen LogP contribution in [-0.2, 0) is 14.3 Å². The molecule has 8 heteroatoms. The molecule has 0 fully saturated rings. The normalized spacial score (nSPS) is 13.8. The van der Waals surface area contributed by atoms with E-state index < -0.39 is 23.8 Å². The summed E-state index contributed by atoms with van der Waals surface area (Å²) in [4.78, 5) is 50.0. The van der Waals surface area contributed by atoms with Crippen LogP contribution >= 0.6 is 0 Å². The first-order valence-corrected chi connectivity index (χ1v) is 8.91. The number of carbonyl (C=O) groups excluding carboxylic acids is 4. The molecule has 29 heavy (non-hydrogen) atoms. The summed E-state index contributed by atoms with van der Waals surface area (Å²) in [5.41, 5.74) is 1.45. The van der Waals surface area contributed by atoms with E-state index in [0.29, 0.717) is 22.7 Å². The molecule has 1 unspecified atom stereocenters. The monoisotopic (exact) mass is 396 g/mol. The van der Waals surface area contributed by atoms with Crippen LogP contribution in [0.1, 0.15) is 34.6 Å². The Morgan fingerprint density at radius 3 is 2.59 bits per heavy atom. The van der Waals surface area contributed by atoms with E-state index in [9.17, 15) is 19.2 Å². The molecule has 0 aliphatic carbocycles. The third-order valence-corrected chi connectivity index (χ3v) is 4.56. The van der Waals surface area contributed by atoms with Crippen LogP contribution in [0.25, 0.3) is 0 Å². The Labute approximate surface area is 167 Å². The van der Waals surface area contributed by atoms with Crippen molar-refractivity contribution in [1.29, 1.82) is 0 Å². The Hall–Kier alpha value is -3.68. The molecule has 2 amide bonds. The lowest BCUT2D eigenvalue weighted by Gasteiger charge is -2.33. The highest BCUT2D eigenvalue weighted by atomic mass is 16.5. The first kappa shape index (κ1) is 20.1. The molecule has 3 rings (SSSR count). The zero-order valence-electron chi connectivity index (χ0n) is 16.2. The van der Waals surface area contributed by atoms with Crippen molar-refractivity contribution >= 4 is 34.9 Å². The third kappa shape index (κ3) is 4.11. The van der Waals surface area contributed by atoms with Crippen LogP contribution in [0.15, 0.2) is 42.5 Å². The quantitative estimate of drug-likeness (QED) is 0.615. The van der Waals surface area contributed by atoms with E-state index in [0.717, 1.165) is 0 Å². The Morgan fingerprint density at radius 2 is 1.90 bits per heavy atom. The van der Waals surface area contributed by atoms with Crippen LogP contribution in [0.5, 0.6) is 5.75 Å². The minimum absolute atomic E-state index is 0.164. The van der Waals surface area contributed by atoms with Crippen LogP contribution < -0.4 is 15.0 Å². The van der Waals surface area contributed by atoms with Gasteiger partial charge in [-0.3, -0.25) is 19.3 Å². The van der Waals surface area contributed by atoms with Gasteiger partial charge in [0.15, 0.2) is 12.4 Å². The van der Waals surface area contributed by atoms with E-state index in [-0.39, 0.29) is 18.0 Å². The number of Topliss-reactive ketones (excluding diaryl/α,β-unsaturated/α-hetero) is 1. The second kappa shape index (κ2) is 8.14. The summed E-state index contributed by atoms with van der Waals surface area (Å²) in [6.45, 7) is 2.79. The van der Waals surface area contributed by atoms with E-state index in [2.05, 4.69) is 10.1 Å². The van der Waals surface area contributed by atoms with Crippen LogP contribution in [0.4, 0.5) is 11.4 Å². The number of carbonyl (C=O) groups is 4. The zero-order chi connectivity index (χ0) is 21.1. The number of esters is 1. The number of ether oxygens (including phenoxy) is 2. The van der Waals surface area contributed by atoms with Crippen molar-refractivity contribution in [2.45, 2.75) is 19.9 Å². The van der Waals surface area contributed by atoms with Crippen molar-refractivity contribution in [3.05, 3.63) is 53.6 Å². The highest BCUT2D eigenvalue weighted by Crippen LogP contribution is 2.34. The van der Waals surface area contributed by atoms with Crippen LogP contribution in [0, 0.1) is 0 Å². The Kier molecular flexibility index (Phi) is 5.63. The predicted molar refractivity (Wildman–Crippen MR) is 105 cm³/mol. The van der Waals surface area contributed by atoms with E-state index in [1.807, 2.05) is 0 Å². The van der Waals surface area contributed by atoms with Gasteiger partial charge in [0.05, 0.1) is 18.4 Å². The number of amides is 2. The fourth-order valence-electron chi connectivity index (χ4n) is 3.02. The molecule has 1 aliphatic heterocycles. The molecule has 1 atom stereocenters. The first-order valence-electron chi connectivity index (χ1n) is 8.91. The molecular formula is C21H20N2O6. The number of ketones is 1. The van der Waals surface area contributed by atoms with E-state index in [1.54, 1.807) is 37.3 Å². The standard InChI is InChI=1S/C21H20N2O6/c1-12(20(26)22-16-6-4-5-15(9-16)21(27)28-3)23-17-10-14(13(2)24)7-8-18(17)29-11-19(23)25/h4-10,12H,11H2,1-3H3,(H,22,26). The maximum atomic E-state index is 12.8. The number of nitrogens with zero attached hydrogens (tertiary/aromatic N) is 1. The molecule has 2 aromatic rings. The van der Waals surface area contributed by atoms with Crippen molar-refractivity contribution in [1.82, 2.24) is 0 Å². The minimum Gasteiger partial charge on any atom is -0.482 e. The lowest BCUT2D eigenvalue weighted by molar-refractivity contribution is -0.125. The highest BCUT2D eigenvalue weighted by Gasteiger charge is 2.33. The van der Waals surface area contributed by atoms with E-state index >= 15 is 0 Å². The van der Waals surface area contributed by atoms with E-state index in [4.69, 9.17) is 4.74 Å². The minimum atomic E-state index is -0.880. The molecule has 8 nitrogen and oxygen atoms in total. The van der Waals surface area contributed by atoms with Crippen molar-refractivity contribution in [2.75, 3.05) is 23.9 Å². The van der Waals surface area contributed by atoms with Gasteiger partial charge in [0, 0.05) is 11.3 Å². The van der Waals surface area contributed by atoms with Gasteiger partial charge in [0.25, 0.3) is 5.91 Å². The molecule has 1 aliphatic rings. The van der Waals surface area contributed by atoms with Gasteiger partial charge in [-0.15, -0.1) is 0 Å². The molecule has 0 bridgehead atoms. The van der Waals surface area contributed by atoms with Gasteiger partial charge in [-0.1, -0.05) is 6.07 Å². The predicted octanol–water partition coefficient (Wildman–Crippen LogP) is 2.43. The number of hydrogen-bond acceptors (Lipinski definition) is 6. The first-order chi connectivity index (χ1) is 13.8.